The van der Waals surface area contributed by atoms with Crippen LogP contribution in [0, 0.1) is 0 Å². The van der Waals surface area contributed by atoms with E-state index >= 15 is 0 Å². The highest BCUT2D eigenvalue weighted by molar-refractivity contribution is 5.02. The first-order valence-electron chi connectivity index (χ1n) is 5.97. The summed E-state index contributed by atoms with van der Waals surface area (Å²) in [6, 6.07) is 0. The van der Waals surface area contributed by atoms with Gasteiger partial charge in [0.25, 0.3) is 0 Å². The molecule has 0 N–H and O–H groups in total. The molecule has 1 nitrogen and oxygen atoms in total. The van der Waals surface area contributed by atoms with E-state index in [9.17, 15) is 48.3 Å². The Kier molecular flexibility index (Phi) is 6.50. The van der Waals surface area contributed by atoms with Crippen molar-refractivity contribution in [2.24, 2.45) is 0 Å². The minimum Gasteiger partial charge on any atom is -0.266 e. The lowest BCUT2D eigenvalue weighted by molar-refractivity contribution is -0.473. The Morgan fingerprint density at radius 1 is 0.783 bits per heavy atom. The second kappa shape index (κ2) is 6.81. The minimum atomic E-state index is -7.03. The smallest absolute Gasteiger partial charge is 0.266 e. The Morgan fingerprint density at radius 2 is 1.26 bits per heavy atom. The zero-order valence-corrected chi connectivity index (χ0v) is 11.3. The molecule has 0 aromatic heterocycles. The summed E-state index contributed by atoms with van der Waals surface area (Å²) < 4.78 is 139. The van der Waals surface area contributed by atoms with Crippen molar-refractivity contribution in [3.63, 3.8) is 0 Å². The molecule has 0 heterocycles. The summed E-state index contributed by atoms with van der Waals surface area (Å²) in [4.78, 5) is 0. The van der Waals surface area contributed by atoms with E-state index in [1.807, 2.05) is 0 Å². The molecule has 0 bridgehead atoms. The van der Waals surface area contributed by atoms with Crippen LogP contribution < -0.4 is 0 Å². The van der Waals surface area contributed by atoms with Crippen molar-refractivity contribution >= 4 is 0 Å². The van der Waals surface area contributed by atoms with Gasteiger partial charge in [0.1, 0.15) is 0 Å². The van der Waals surface area contributed by atoms with Gasteiger partial charge in [-0.05, 0) is 12.5 Å². The van der Waals surface area contributed by atoms with E-state index in [2.05, 4.69) is 4.74 Å². The topological polar surface area (TPSA) is 9.23 Å². The largest absolute Gasteiger partial charge is 0.462 e. The van der Waals surface area contributed by atoms with Gasteiger partial charge in [0.2, 0.25) is 0 Å². The molecule has 0 fully saturated rings. The molecule has 0 aromatic rings. The van der Waals surface area contributed by atoms with E-state index in [-0.39, 0.29) is 12.8 Å². The highest BCUT2D eigenvalue weighted by atomic mass is 19.4. The van der Waals surface area contributed by atoms with Crippen LogP contribution in [-0.4, -0.2) is 30.2 Å². The van der Waals surface area contributed by atoms with Crippen LogP contribution in [0.5, 0.6) is 0 Å². The molecule has 0 aromatic carbocycles. The van der Waals surface area contributed by atoms with E-state index in [1.165, 1.54) is 0 Å². The maximum absolute atomic E-state index is 13.5. The summed E-state index contributed by atoms with van der Waals surface area (Å²) in [6.45, 7) is 1.58. The number of allylic oxidation sites excluding steroid dienone is 1. The van der Waals surface area contributed by atoms with Gasteiger partial charge in [-0.2, -0.15) is 48.3 Å². The molecule has 138 valence electrons. The van der Waals surface area contributed by atoms with Crippen LogP contribution in [0.15, 0.2) is 12.2 Å². The van der Waals surface area contributed by atoms with Gasteiger partial charge in [0.15, 0.2) is 0 Å². The Morgan fingerprint density at radius 3 is 1.61 bits per heavy atom. The Bertz CT molecular complexity index is 409. The van der Waals surface area contributed by atoms with Crippen molar-refractivity contribution < 1.29 is 53.0 Å². The van der Waals surface area contributed by atoms with Crippen LogP contribution >= 0.6 is 0 Å². The zero-order valence-electron chi connectivity index (χ0n) is 11.3. The lowest BCUT2D eigenvalue weighted by Gasteiger charge is -2.33. The lowest BCUT2D eigenvalue weighted by atomic mass is 10.2. The van der Waals surface area contributed by atoms with E-state index < -0.39 is 36.3 Å². The minimum absolute atomic E-state index is 0.194. The molecule has 0 aliphatic carbocycles. The van der Waals surface area contributed by atoms with Gasteiger partial charge < -0.3 is 0 Å². The zero-order chi connectivity index (χ0) is 18.7. The predicted molar refractivity (Wildman–Crippen MR) is 55.6 cm³/mol. The molecule has 23 heavy (non-hydrogen) atoms. The summed E-state index contributed by atoms with van der Waals surface area (Å²) in [5.41, 5.74) is 0. The molecule has 0 unspecified atom stereocenters. The fourth-order valence-corrected chi connectivity index (χ4v) is 1.16. The number of hydrogen-bond donors (Lipinski definition) is 0. The highest BCUT2D eigenvalue weighted by Crippen LogP contribution is 2.51. The van der Waals surface area contributed by atoms with E-state index in [0.717, 1.165) is 0 Å². The summed E-state index contributed by atoms with van der Waals surface area (Å²) in [5.74, 6) is -12.5. The molecule has 0 saturated heterocycles. The summed E-state index contributed by atoms with van der Waals surface area (Å²) >= 11 is 0. The quantitative estimate of drug-likeness (QED) is 0.315. The molecule has 0 amide bonds. The maximum Gasteiger partial charge on any atom is 0.462 e. The molecule has 0 spiro atoms. The van der Waals surface area contributed by atoms with Gasteiger partial charge in [0.05, 0.1) is 0 Å². The van der Waals surface area contributed by atoms with Crippen LogP contribution in [-0.2, 0) is 4.74 Å². The van der Waals surface area contributed by atoms with Crippen LogP contribution in [0.1, 0.15) is 26.2 Å². The number of ether oxygens (including phenoxy) is 1. The molecular formula is C11H11F11O. The Labute approximate surface area is 123 Å². The van der Waals surface area contributed by atoms with E-state index in [1.54, 1.807) is 6.92 Å². The number of alkyl halides is 11. The van der Waals surface area contributed by atoms with E-state index in [4.69, 9.17) is 0 Å². The standard InChI is InChI=1S/C11H11F11O/c1-2-3-4-5-6-7(12,9(15,16)17)23-11(21,22)8(13,14)10(18,19)20/h5-6H,2-4H2,1H3/b6-5-/t7-/m0/s1. The first-order chi connectivity index (χ1) is 10.0. The normalized spacial score (nSPS) is 17.6. The third kappa shape index (κ3) is 4.95. The molecule has 0 aliphatic rings. The fourth-order valence-electron chi connectivity index (χ4n) is 1.16. The first-order valence-corrected chi connectivity index (χ1v) is 5.97. The number of unbranched alkanes of at least 4 members (excludes halogenated alkanes) is 2. The van der Waals surface area contributed by atoms with Crippen molar-refractivity contribution in [1.29, 1.82) is 0 Å². The molecule has 0 aliphatic heterocycles. The second-order valence-corrected chi connectivity index (χ2v) is 4.38. The number of halogens is 11. The summed E-state index contributed by atoms with van der Waals surface area (Å²) in [7, 11) is 0. The van der Waals surface area contributed by atoms with Gasteiger partial charge in [-0.15, -0.1) is 0 Å². The van der Waals surface area contributed by atoms with Gasteiger partial charge in [-0.1, -0.05) is 25.8 Å². The maximum atomic E-state index is 13.5. The van der Waals surface area contributed by atoms with Crippen molar-refractivity contribution in [2.75, 3.05) is 0 Å². The molecule has 0 radical (unpaired) electrons. The van der Waals surface area contributed by atoms with Crippen molar-refractivity contribution in [1.82, 2.24) is 0 Å². The van der Waals surface area contributed by atoms with Crippen LogP contribution in [0.25, 0.3) is 0 Å². The molecule has 12 heteroatoms. The average Bonchev–Trinajstić information content (AvgIpc) is 2.31. The Balaban J connectivity index is 5.60. The summed E-state index contributed by atoms with van der Waals surface area (Å²) in [5, 5.41) is 0. The third-order valence-corrected chi connectivity index (χ3v) is 2.44. The third-order valence-electron chi connectivity index (χ3n) is 2.44. The van der Waals surface area contributed by atoms with Crippen LogP contribution in [0.4, 0.5) is 48.3 Å². The lowest BCUT2D eigenvalue weighted by Crippen LogP contribution is -2.58. The predicted octanol–water partition coefficient (Wildman–Crippen LogP) is 5.77. The number of rotatable bonds is 7. The molecule has 0 saturated carbocycles. The monoisotopic (exact) mass is 368 g/mol. The van der Waals surface area contributed by atoms with Gasteiger partial charge in [-0.25, -0.2) is 0 Å². The van der Waals surface area contributed by atoms with Crippen molar-refractivity contribution in [2.45, 2.75) is 56.4 Å². The molecule has 0 rings (SSSR count). The van der Waals surface area contributed by atoms with Gasteiger partial charge >= 0.3 is 30.2 Å². The Hall–Kier alpha value is -1.07. The summed E-state index contributed by atoms with van der Waals surface area (Å²) in [6.07, 6.45) is -20.0. The van der Waals surface area contributed by atoms with Crippen molar-refractivity contribution in [3.8, 4) is 0 Å². The number of hydrogen-bond acceptors (Lipinski definition) is 1. The molecule has 1 atom stereocenters. The highest BCUT2D eigenvalue weighted by Gasteiger charge is 2.77. The van der Waals surface area contributed by atoms with E-state index in [0.29, 0.717) is 12.5 Å². The molecular weight excluding hydrogens is 357 g/mol. The van der Waals surface area contributed by atoms with Crippen LogP contribution in [0.2, 0.25) is 0 Å². The SMILES string of the molecule is CCCC/C=C\[C@](F)(OC(F)(F)C(F)(F)C(F)(F)F)C(F)(F)F. The average molecular weight is 368 g/mol. The van der Waals surface area contributed by atoms with Gasteiger partial charge in [-0.3, -0.25) is 4.74 Å². The fraction of sp³-hybridized carbons (Fsp3) is 0.818. The first kappa shape index (κ1) is 21.9. The van der Waals surface area contributed by atoms with Crippen LogP contribution in [0.3, 0.4) is 0 Å². The van der Waals surface area contributed by atoms with Crippen molar-refractivity contribution in [3.05, 3.63) is 12.2 Å². The second-order valence-electron chi connectivity index (χ2n) is 4.38. The van der Waals surface area contributed by atoms with Gasteiger partial charge in [0, 0.05) is 0 Å².